The van der Waals surface area contributed by atoms with Crippen molar-refractivity contribution in [3.05, 3.63) is 29.0 Å². The highest BCUT2D eigenvalue weighted by Gasteiger charge is 2.56. The molecule has 1 aromatic carbocycles. The smallest absolute Gasteiger partial charge is 0.319 e. The van der Waals surface area contributed by atoms with Crippen molar-refractivity contribution in [1.29, 1.82) is 0 Å². The molecule has 0 amide bonds. The summed E-state index contributed by atoms with van der Waals surface area (Å²) in [5, 5.41) is 0.653. The van der Waals surface area contributed by atoms with Gasteiger partial charge in [-0.1, -0.05) is 11.6 Å². The topological polar surface area (TPSA) is 44.1 Å². The Kier molecular flexibility index (Phi) is 3.01. The van der Waals surface area contributed by atoms with Gasteiger partial charge in [-0.05, 0) is 44.9 Å². The van der Waals surface area contributed by atoms with Gasteiger partial charge in [-0.2, -0.15) is 0 Å². The third kappa shape index (κ3) is 1.82. The van der Waals surface area contributed by atoms with Gasteiger partial charge in [-0.15, -0.1) is 0 Å². The monoisotopic (exact) mass is 292 g/mol. The molecule has 3 rings (SSSR count). The number of halogens is 1. The lowest BCUT2D eigenvalue weighted by molar-refractivity contribution is -0.144. The number of esters is 1. The number of nitrogens with zero attached hydrogens (tertiary/aromatic N) is 2. The van der Waals surface area contributed by atoms with Gasteiger partial charge in [-0.3, -0.25) is 4.79 Å². The molecule has 5 heteroatoms. The van der Waals surface area contributed by atoms with E-state index in [4.69, 9.17) is 16.3 Å². The molecule has 1 aliphatic carbocycles. The molecule has 0 N–H and O–H groups in total. The molecule has 20 heavy (non-hydrogen) atoms. The Morgan fingerprint density at radius 3 is 2.70 bits per heavy atom. The van der Waals surface area contributed by atoms with Gasteiger partial charge in [-0.25, -0.2) is 4.98 Å². The summed E-state index contributed by atoms with van der Waals surface area (Å²) >= 11 is 6.04. The highest BCUT2D eigenvalue weighted by molar-refractivity contribution is 6.31. The van der Waals surface area contributed by atoms with E-state index in [0.29, 0.717) is 5.02 Å². The van der Waals surface area contributed by atoms with E-state index in [0.717, 1.165) is 29.7 Å². The highest BCUT2D eigenvalue weighted by Crippen LogP contribution is 2.50. The van der Waals surface area contributed by atoms with Crippen molar-refractivity contribution in [1.82, 2.24) is 9.55 Å². The lowest BCUT2D eigenvalue weighted by Crippen LogP contribution is -2.26. The van der Waals surface area contributed by atoms with E-state index in [9.17, 15) is 4.79 Å². The number of aromatic nitrogens is 2. The number of hydrogen-bond acceptors (Lipinski definition) is 3. The van der Waals surface area contributed by atoms with Crippen LogP contribution in [0.25, 0.3) is 11.0 Å². The van der Waals surface area contributed by atoms with Gasteiger partial charge in [0.2, 0.25) is 0 Å². The maximum Gasteiger partial charge on any atom is 0.319 e. The summed E-state index contributed by atoms with van der Waals surface area (Å²) in [7, 11) is 1.43. The molecule has 0 aliphatic heterocycles. The Balaban J connectivity index is 2.25. The van der Waals surface area contributed by atoms with Crippen molar-refractivity contribution < 1.29 is 9.53 Å². The molecule has 1 aliphatic rings. The van der Waals surface area contributed by atoms with E-state index in [2.05, 4.69) is 23.4 Å². The summed E-state index contributed by atoms with van der Waals surface area (Å²) in [4.78, 5) is 16.8. The molecule has 2 aromatic rings. The number of fused-ring (bicyclic) bond motifs is 1. The standard InChI is InChI=1S/C15H17ClN2O2/c1-9(2)18-12-5-4-10(16)8-11(12)17-13(18)15(6-7-15)14(19)20-3/h4-5,8-9H,6-7H2,1-3H3. The number of benzene rings is 1. The predicted molar refractivity (Wildman–Crippen MR) is 78.1 cm³/mol. The van der Waals surface area contributed by atoms with Crippen LogP contribution in [0.2, 0.25) is 5.02 Å². The van der Waals surface area contributed by atoms with Crippen molar-refractivity contribution in [3.63, 3.8) is 0 Å². The van der Waals surface area contributed by atoms with Crippen LogP contribution in [0.15, 0.2) is 18.2 Å². The molecule has 1 fully saturated rings. The molecular weight excluding hydrogens is 276 g/mol. The van der Waals surface area contributed by atoms with Gasteiger partial charge in [0.05, 0.1) is 18.1 Å². The molecule has 4 nitrogen and oxygen atoms in total. The molecule has 1 heterocycles. The Morgan fingerprint density at radius 1 is 1.45 bits per heavy atom. The number of carbonyl (C=O) groups excluding carboxylic acids is 1. The molecule has 1 saturated carbocycles. The van der Waals surface area contributed by atoms with Crippen molar-refractivity contribution in [3.8, 4) is 0 Å². The Bertz CT molecular complexity index is 686. The summed E-state index contributed by atoms with van der Waals surface area (Å²) in [6.07, 6.45) is 1.59. The predicted octanol–water partition coefficient (Wildman–Crippen LogP) is 3.48. The SMILES string of the molecule is COC(=O)C1(c2nc3cc(Cl)ccc3n2C(C)C)CC1. The van der Waals surface area contributed by atoms with Gasteiger partial charge >= 0.3 is 5.97 Å². The Labute approximate surface area is 122 Å². The van der Waals surface area contributed by atoms with Crippen LogP contribution in [-0.2, 0) is 14.9 Å². The second-order valence-electron chi connectivity index (χ2n) is 5.61. The van der Waals surface area contributed by atoms with E-state index in [-0.39, 0.29) is 12.0 Å². The number of methoxy groups -OCH3 is 1. The number of carbonyl (C=O) groups is 1. The van der Waals surface area contributed by atoms with Gasteiger partial charge in [0, 0.05) is 11.1 Å². The van der Waals surface area contributed by atoms with E-state index in [1.165, 1.54) is 7.11 Å². The van der Waals surface area contributed by atoms with E-state index in [1.807, 2.05) is 18.2 Å². The molecule has 0 spiro atoms. The summed E-state index contributed by atoms with van der Waals surface area (Å²) in [6, 6.07) is 5.87. The number of imidazole rings is 1. The third-order valence-electron chi connectivity index (χ3n) is 3.92. The Morgan fingerprint density at radius 2 is 2.15 bits per heavy atom. The minimum absolute atomic E-state index is 0.194. The summed E-state index contributed by atoms with van der Waals surface area (Å²) in [5.74, 6) is 0.609. The van der Waals surface area contributed by atoms with Gasteiger partial charge in [0.1, 0.15) is 11.2 Å². The fraction of sp³-hybridized carbons (Fsp3) is 0.467. The van der Waals surface area contributed by atoms with Crippen molar-refractivity contribution in [2.45, 2.75) is 38.1 Å². The molecular formula is C15H17ClN2O2. The molecule has 0 atom stereocenters. The lowest BCUT2D eigenvalue weighted by atomic mass is 10.1. The van der Waals surface area contributed by atoms with Gasteiger partial charge < -0.3 is 9.30 Å². The van der Waals surface area contributed by atoms with Crippen LogP contribution < -0.4 is 0 Å². The number of ether oxygens (including phenoxy) is 1. The second kappa shape index (κ2) is 4.48. The largest absolute Gasteiger partial charge is 0.468 e. The minimum Gasteiger partial charge on any atom is -0.468 e. The first-order valence-corrected chi connectivity index (χ1v) is 7.14. The zero-order chi connectivity index (χ0) is 14.5. The maximum absolute atomic E-state index is 12.1. The van der Waals surface area contributed by atoms with Crippen LogP contribution in [0.1, 0.15) is 38.6 Å². The Hall–Kier alpha value is -1.55. The molecule has 0 unspecified atom stereocenters. The normalized spacial score (nSPS) is 16.6. The molecule has 0 bridgehead atoms. The van der Waals surface area contributed by atoms with Crippen LogP contribution in [0, 0.1) is 0 Å². The fourth-order valence-corrected chi connectivity index (χ4v) is 2.94. The maximum atomic E-state index is 12.1. The zero-order valence-corrected chi connectivity index (χ0v) is 12.6. The van der Waals surface area contributed by atoms with Crippen molar-refractivity contribution >= 4 is 28.6 Å². The first-order chi connectivity index (χ1) is 9.49. The summed E-state index contributed by atoms with van der Waals surface area (Å²) in [6.45, 7) is 4.18. The van der Waals surface area contributed by atoms with Crippen LogP contribution >= 0.6 is 11.6 Å². The fourth-order valence-electron chi connectivity index (χ4n) is 2.77. The van der Waals surface area contributed by atoms with Crippen LogP contribution in [0.5, 0.6) is 0 Å². The second-order valence-corrected chi connectivity index (χ2v) is 6.04. The van der Waals surface area contributed by atoms with Crippen molar-refractivity contribution in [2.24, 2.45) is 0 Å². The lowest BCUT2D eigenvalue weighted by Gasteiger charge is -2.18. The minimum atomic E-state index is -0.565. The van der Waals surface area contributed by atoms with Gasteiger partial charge in [0.15, 0.2) is 0 Å². The number of hydrogen-bond donors (Lipinski definition) is 0. The zero-order valence-electron chi connectivity index (χ0n) is 11.8. The molecule has 1 aromatic heterocycles. The third-order valence-corrected chi connectivity index (χ3v) is 4.16. The highest BCUT2D eigenvalue weighted by atomic mass is 35.5. The molecule has 106 valence electrons. The average molecular weight is 293 g/mol. The first kappa shape index (κ1) is 13.4. The first-order valence-electron chi connectivity index (χ1n) is 6.76. The van der Waals surface area contributed by atoms with Crippen molar-refractivity contribution in [2.75, 3.05) is 7.11 Å². The summed E-state index contributed by atoms with van der Waals surface area (Å²) < 4.78 is 7.09. The van der Waals surface area contributed by atoms with E-state index >= 15 is 0 Å². The quantitative estimate of drug-likeness (QED) is 0.814. The van der Waals surface area contributed by atoms with Crippen LogP contribution in [-0.4, -0.2) is 22.6 Å². The summed E-state index contributed by atoms with van der Waals surface area (Å²) in [5.41, 5.74) is 1.27. The van der Waals surface area contributed by atoms with Gasteiger partial charge in [0.25, 0.3) is 0 Å². The van der Waals surface area contributed by atoms with E-state index < -0.39 is 5.41 Å². The average Bonchev–Trinajstić information content (AvgIpc) is 3.13. The van der Waals surface area contributed by atoms with Crippen LogP contribution in [0.3, 0.4) is 0 Å². The van der Waals surface area contributed by atoms with Crippen LogP contribution in [0.4, 0.5) is 0 Å². The molecule has 0 radical (unpaired) electrons. The van der Waals surface area contributed by atoms with E-state index in [1.54, 1.807) is 0 Å². The number of rotatable bonds is 3. The molecule has 0 saturated heterocycles.